The first-order valence-electron chi connectivity index (χ1n) is 10.9. The first-order chi connectivity index (χ1) is 16.7. The van der Waals surface area contributed by atoms with Gasteiger partial charge in [-0.1, -0.05) is 29.3 Å². The van der Waals surface area contributed by atoms with Crippen LogP contribution in [0.15, 0.2) is 42.7 Å². The Morgan fingerprint density at radius 3 is 2.66 bits per heavy atom. The Labute approximate surface area is 212 Å². The summed E-state index contributed by atoms with van der Waals surface area (Å²) in [4.78, 5) is 27.1. The number of amides is 1. The maximum absolute atomic E-state index is 12.9. The molecule has 1 aromatic carbocycles. The van der Waals surface area contributed by atoms with Crippen molar-refractivity contribution in [2.45, 2.75) is 32.4 Å². The minimum atomic E-state index is -0.576. The Morgan fingerprint density at radius 1 is 1.23 bits per heavy atom. The van der Waals surface area contributed by atoms with E-state index in [4.69, 9.17) is 28.9 Å². The predicted molar refractivity (Wildman–Crippen MR) is 137 cm³/mol. The zero-order valence-corrected chi connectivity index (χ0v) is 20.5. The minimum Gasteiger partial charge on any atom is -0.394 e. The van der Waals surface area contributed by atoms with Crippen LogP contribution in [0.5, 0.6) is 0 Å². The van der Waals surface area contributed by atoms with E-state index in [-0.39, 0.29) is 24.0 Å². The number of pyridine rings is 1. The topological polar surface area (TPSA) is 148 Å². The highest BCUT2D eigenvalue weighted by Gasteiger charge is 2.19. The number of unbranched alkanes of at least 4 members (excludes halogenated alkanes) is 1. The van der Waals surface area contributed by atoms with Crippen molar-refractivity contribution < 1.29 is 14.8 Å². The standard InChI is InChI=1S/C23H26Cl2N6O4/c1-14(13-32)28-23(33)18-12-30(11-17(18)16-5-4-15(24)10-19(16)25)9-3-2-8-27-21-7-6-20(31(34)35)22(26)29-21/h4-7,10-12,14,32H,2-3,8-9,13H2,1H3,(H,28,33)(H3,26,27,29)/t14-/m1/s1. The van der Waals surface area contributed by atoms with E-state index in [0.29, 0.717) is 45.6 Å². The Morgan fingerprint density at radius 2 is 2.00 bits per heavy atom. The van der Waals surface area contributed by atoms with E-state index < -0.39 is 11.0 Å². The fraction of sp³-hybridized carbons (Fsp3) is 0.304. The number of nitrogen functional groups attached to an aromatic ring is 1. The Hall–Kier alpha value is -3.34. The molecule has 186 valence electrons. The lowest BCUT2D eigenvalue weighted by Crippen LogP contribution is -2.35. The lowest BCUT2D eigenvalue weighted by Gasteiger charge is -2.11. The molecule has 0 aliphatic carbocycles. The third kappa shape index (κ3) is 6.84. The SMILES string of the molecule is C[C@H](CO)NC(=O)c1cn(CCCCNc2ccc([N+](=O)[O-])c(N)n2)cc1-c1ccc(Cl)cc1Cl. The summed E-state index contributed by atoms with van der Waals surface area (Å²) < 4.78 is 1.92. The van der Waals surface area contributed by atoms with Crippen LogP contribution in [0.25, 0.3) is 11.1 Å². The van der Waals surface area contributed by atoms with E-state index in [9.17, 15) is 20.0 Å². The molecular weight excluding hydrogens is 495 g/mol. The summed E-state index contributed by atoms with van der Waals surface area (Å²) in [6, 6.07) is 7.54. The van der Waals surface area contributed by atoms with Gasteiger partial charge in [-0.25, -0.2) is 4.98 Å². The van der Waals surface area contributed by atoms with E-state index >= 15 is 0 Å². The number of carbonyl (C=O) groups excluding carboxylic acids is 1. The Bertz CT molecular complexity index is 1220. The molecule has 2 aromatic heterocycles. The van der Waals surface area contributed by atoms with Crippen LogP contribution < -0.4 is 16.4 Å². The van der Waals surface area contributed by atoms with Crippen molar-refractivity contribution in [1.29, 1.82) is 0 Å². The second-order valence-corrected chi connectivity index (χ2v) is 8.84. The zero-order chi connectivity index (χ0) is 25.5. The van der Waals surface area contributed by atoms with Gasteiger partial charge in [0.15, 0.2) is 0 Å². The summed E-state index contributed by atoms with van der Waals surface area (Å²) in [7, 11) is 0. The lowest BCUT2D eigenvalue weighted by molar-refractivity contribution is -0.384. The normalized spacial score (nSPS) is 11.8. The number of anilines is 2. The number of benzene rings is 1. The number of nitrogens with zero attached hydrogens (tertiary/aromatic N) is 3. The molecule has 10 nitrogen and oxygen atoms in total. The maximum Gasteiger partial charge on any atom is 0.311 e. The second-order valence-electron chi connectivity index (χ2n) is 8.00. The van der Waals surface area contributed by atoms with Gasteiger partial charge in [-0.3, -0.25) is 14.9 Å². The van der Waals surface area contributed by atoms with Crippen LogP contribution in [0.4, 0.5) is 17.3 Å². The van der Waals surface area contributed by atoms with E-state index in [1.165, 1.54) is 12.1 Å². The molecular formula is C23H26Cl2N6O4. The summed E-state index contributed by atoms with van der Waals surface area (Å²) in [5, 5.41) is 26.9. The molecule has 2 heterocycles. The highest BCUT2D eigenvalue weighted by Crippen LogP contribution is 2.33. The molecule has 0 aliphatic rings. The number of nitrogens with two attached hydrogens (primary N) is 1. The molecule has 0 unspecified atom stereocenters. The molecule has 0 saturated heterocycles. The Kier molecular flexibility index (Phi) is 8.91. The molecule has 1 amide bonds. The van der Waals surface area contributed by atoms with Crippen molar-refractivity contribution in [2.24, 2.45) is 0 Å². The molecule has 3 rings (SSSR count). The molecule has 0 saturated carbocycles. The number of halogens is 2. The predicted octanol–water partition coefficient (Wildman–Crippen LogP) is 4.35. The zero-order valence-electron chi connectivity index (χ0n) is 19.0. The quantitative estimate of drug-likeness (QED) is 0.167. The molecule has 0 bridgehead atoms. The number of carbonyl (C=O) groups is 1. The van der Waals surface area contributed by atoms with Crippen molar-refractivity contribution in [3.05, 3.63) is 68.4 Å². The lowest BCUT2D eigenvalue weighted by atomic mass is 10.0. The number of hydrogen-bond donors (Lipinski definition) is 4. The van der Waals surface area contributed by atoms with Crippen LogP contribution in [0.2, 0.25) is 10.0 Å². The fourth-order valence-corrected chi connectivity index (χ4v) is 3.95. The molecule has 0 fully saturated rings. The first-order valence-corrected chi connectivity index (χ1v) is 11.7. The average Bonchev–Trinajstić information content (AvgIpc) is 3.22. The molecule has 0 spiro atoms. The van der Waals surface area contributed by atoms with Crippen molar-refractivity contribution in [3.8, 4) is 11.1 Å². The van der Waals surface area contributed by atoms with Gasteiger partial charge in [-0.15, -0.1) is 0 Å². The Balaban J connectivity index is 1.66. The van der Waals surface area contributed by atoms with Crippen molar-refractivity contribution in [2.75, 3.05) is 24.2 Å². The number of hydrogen-bond acceptors (Lipinski definition) is 7. The fourth-order valence-electron chi connectivity index (χ4n) is 3.44. The number of rotatable bonds is 11. The third-order valence-electron chi connectivity index (χ3n) is 5.25. The molecule has 3 aromatic rings. The van der Waals surface area contributed by atoms with E-state index in [0.717, 1.165) is 12.8 Å². The van der Waals surface area contributed by atoms with E-state index in [1.807, 2.05) is 10.8 Å². The second kappa shape index (κ2) is 11.9. The van der Waals surface area contributed by atoms with Crippen LogP contribution in [0.3, 0.4) is 0 Å². The highest BCUT2D eigenvalue weighted by molar-refractivity contribution is 6.36. The first kappa shape index (κ1) is 26.3. The van der Waals surface area contributed by atoms with Gasteiger partial charge in [0.25, 0.3) is 5.91 Å². The van der Waals surface area contributed by atoms with Crippen LogP contribution in [-0.2, 0) is 6.54 Å². The monoisotopic (exact) mass is 520 g/mol. The van der Waals surface area contributed by atoms with Crippen LogP contribution in [0.1, 0.15) is 30.1 Å². The number of aliphatic hydroxyl groups excluding tert-OH is 1. The third-order valence-corrected chi connectivity index (χ3v) is 5.79. The summed E-state index contributed by atoms with van der Waals surface area (Å²) in [6.07, 6.45) is 5.17. The van der Waals surface area contributed by atoms with Gasteiger partial charge < -0.3 is 26.0 Å². The number of nitrogens with one attached hydrogen (secondary N) is 2. The van der Waals surface area contributed by atoms with Gasteiger partial charge in [-0.05, 0) is 38.0 Å². The van der Waals surface area contributed by atoms with Gasteiger partial charge in [0.2, 0.25) is 5.82 Å². The van der Waals surface area contributed by atoms with Gasteiger partial charge >= 0.3 is 5.69 Å². The summed E-state index contributed by atoms with van der Waals surface area (Å²) in [5.74, 6) is 0.0163. The van der Waals surface area contributed by atoms with Crippen LogP contribution >= 0.6 is 23.2 Å². The number of nitro groups is 1. The largest absolute Gasteiger partial charge is 0.394 e. The minimum absolute atomic E-state index is 0.137. The average molecular weight is 521 g/mol. The number of aromatic nitrogens is 2. The van der Waals surface area contributed by atoms with E-state index in [2.05, 4.69) is 15.6 Å². The smallest absolute Gasteiger partial charge is 0.311 e. The summed E-state index contributed by atoms with van der Waals surface area (Å²) in [5.41, 5.74) is 7.18. The van der Waals surface area contributed by atoms with Gasteiger partial charge in [0, 0.05) is 58.8 Å². The van der Waals surface area contributed by atoms with E-state index in [1.54, 1.807) is 31.3 Å². The highest BCUT2D eigenvalue weighted by atomic mass is 35.5. The number of aryl methyl sites for hydroxylation is 1. The van der Waals surface area contributed by atoms with Gasteiger partial charge in [-0.2, -0.15) is 0 Å². The van der Waals surface area contributed by atoms with Gasteiger partial charge in [0.05, 0.1) is 17.1 Å². The van der Waals surface area contributed by atoms with Crippen molar-refractivity contribution >= 4 is 46.4 Å². The van der Waals surface area contributed by atoms with Gasteiger partial charge in [0.1, 0.15) is 5.82 Å². The van der Waals surface area contributed by atoms with Crippen molar-refractivity contribution in [1.82, 2.24) is 14.9 Å². The number of aliphatic hydroxyl groups is 1. The van der Waals surface area contributed by atoms with Crippen LogP contribution in [-0.4, -0.2) is 44.7 Å². The molecule has 35 heavy (non-hydrogen) atoms. The van der Waals surface area contributed by atoms with Crippen LogP contribution in [0, 0.1) is 10.1 Å². The molecule has 0 radical (unpaired) electrons. The maximum atomic E-state index is 12.9. The molecule has 1 atom stereocenters. The molecule has 0 aliphatic heterocycles. The molecule has 5 N–H and O–H groups in total. The summed E-state index contributed by atoms with van der Waals surface area (Å²) in [6.45, 7) is 2.76. The summed E-state index contributed by atoms with van der Waals surface area (Å²) >= 11 is 12.4. The molecule has 12 heteroatoms. The van der Waals surface area contributed by atoms with Crippen molar-refractivity contribution in [3.63, 3.8) is 0 Å².